The van der Waals surface area contributed by atoms with Crippen LogP contribution in [0.5, 0.6) is 0 Å². The minimum absolute atomic E-state index is 0.00880. The minimum atomic E-state index is -0.333. The van der Waals surface area contributed by atoms with Gasteiger partial charge in [0, 0.05) is 12.6 Å². The van der Waals surface area contributed by atoms with Crippen LogP contribution in [0.25, 0.3) is 0 Å². The molecule has 0 bridgehead atoms. The predicted molar refractivity (Wildman–Crippen MR) is 53.5 cm³/mol. The predicted octanol–water partition coefficient (Wildman–Crippen LogP) is 1.45. The number of carbonyl (C=O) groups is 1. The van der Waals surface area contributed by atoms with E-state index in [4.69, 9.17) is 4.74 Å². The monoisotopic (exact) mass is 185 g/mol. The van der Waals surface area contributed by atoms with E-state index in [0.29, 0.717) is 0 Å². The van der Waals surface area contributed by atoms with Crippen LogP contribution < -0.4 is 0 Å². The number of ether oxygens (including phenoxy) is 1. The highest BCUT2D eigenvalue weighted by Crippen LogP contribution is 2.03. The summed E-state index contributed by atoms with van der Waals surface area (Å²) in [6.07, 6.45) is 3.12. The molecule has 76 valence electrons. The third-order valence-corrected chi connectivity index (χ3v) is 1.63. The number of hydrogen-bond acceptors (Lipinski definition) is 3. The maximum Gasteiger partial charge on any atom is 0.330 e. The Morgan fingerprint density at radius 1 is 1.62 bits per heavy atom. The van der Waals surface area contributed by atoms with Crippen LogP contribution in [0.3, 0.4) is 0 Å². The zero-order valence-electron chi connectivity index (χ0n) is 8.75. The van der Waals surface area contributed by atoms with Crippen LogP contribution in [-0.2, 0) is 9.53 Å². The van der Waals surface area contributed by atoms with E-state index in [1.807, 2.05) is 19.0 Å². The fourth-order valence-electron chi connectivity index (χ4n) is 1.13. The zero-order chi connectivity index (χ0) is 10.3. The second kappa shape index (κ2) is 6.66. The van der Waals surface area contributed by atoms with Crippen LogP contribution >= 0.6 is 0 Å². The first-order valence-electron chi connectivity index (χ1n) is 4.58. The zero-order valence-corrected chi connectivity index (χ0v) is 8.75. The van der Waals surface area contributed by atoms with Crippen molar-refractivity contribution in [1.82, 2.24) is 4.90 Å². The Morgan fingerprint density at radius 2 is 2.23 bits per heavy atom. The Bertz CT molecular complexity index is 166. The van der Waals surface area contributed by atoms with Gasteiger partial charge in [0.05, 0.1) is 0 Å². The number of nitrogens with zero attached hydrogens (tertiary/aromatic N) is 1. The van der Waals surface area contributed by atoms with Crippen LogP contribution in [0.1, 0.15) is 19.8 Å². The summed E-state index contributed by atoms with van der Waals surface area (Å²) < 4.78 is 5.15. The molecule has 0 saturated heterocycles. The van der Waals surface area contributed by atoms with Gasteiger partial charge < -0.3 is 9.64 Å². The minimum Gasteiger partial charge on any atom is -0.458 e. The lowest BCUT2D eigenvalue weighted by Gasteiger charge is -2.20. The summed E-state index contributed by atoms with van der Waals surface area (Å²) >= 11 is 0. The standard InChI is InChI=1S/C10H19NO2/c1-5-7-9(8-11(3)4)13-10(12)6-2/h6,9H,2,5,7-8H2,1,3-4H3. The van der Waals surface area contributed by atoms with E-state index >= 15 is 0 Å². The van der Waals surface area contributed by atoms with Crippen molar-refractivity contribution in [3.05, 3.63) is 12.7 Å². The normalized spacial score (nSPS) is 12.6. The lowest BCUT2D eigenvalue weighted by molar-refractivity contribution is -0.143. The number of hydrogen-bond donors (Lipinski definition) is 0. The van der Waals surface area contributed by atoms with Crippen molar-refractivity contribution in [2.75, 3.05) is 20.6 Å². The maximum absolute atomic E-state index is 10.9. The van der Waals surface area contributed by atoms with Crippen molar-refractivity contribution >= 4 is 5.97 Å². The average molecular weight is 185 g/mol. The molecule has 3 heteroatoms. The van der Waals surface area contributed by atoms with Crippen molar-refractivity contribution < 1.29 is 9.53 Å². The third-order valence-electron chi connectivity index (χ3n) is 1.63. The van der Waals surface area contributed by atoms with Gasteiger partial charge in [-0.05, 0) is 20.5 Å². The summed E-state index contributed by atoms with van der Waals surface area (Å²) in [5.41, 5.74) is 0. The van der Waals surface area contributed by atoms with Crippen LogP contribution in [0, 0.1) is 0 Å². The molecule has 0 amide bonds. The number of rotatable bonds is 6. The van der Waals surface area contributed by atoms with E-state index in [0.717, 1.165) is 19.4 Å². The molecule has 3 nitrogen and oxygen atoms in total. The first-order chi connectivity index (χ1) is 6.10. The van der Waals surface area contributed by atoms with E-state index in [-0.39, 0.29) is 12.1 Å². The summed E-state index contributed by atoms with van der Waals surface area (Å²) in [6, 6.07) is 0. The Labute approximate surface area is 80.4 Å². The fourth-order valence-corrected chi connectivity index (χ4v) is 1.13. The summed E-state index contributed by atoms with van der Waals surface area (Å²) in [7, 11) is 3.93. The van der Waals surface area contributed by atoms with Gasteiger partial charge in [0.2, 0.25) is 0 Å². The highest BCUT2D eigenvalue weighted by molar-refractivity contribution is 5.81. The second-order valence-electron chi connectivity index (χ2n) is 3.31. The molecule has 0 fully saturated rings. The molecule has 0 spiro atoms. The molecule has 0 rings (SSSR count). The average Bonchev–Trinajstić information content (AvgIpc) is 2.03. The van der Waals surface area contributed by atoms with Crippen molar-refractivity contribution in [2.45, 2.75) is 25.9 Å². The Hall–Kier alpha value is -0.830. The highest BCUT2D eigenvalue weighted by atomic mass is 16.5. The Morgan fingerprint density at radius 3 is 2.62 bits per heavy atom. The number of esters is 1. The lowest BCUT2D eigenvalue weighted by Crippen LogP contribution is -2.29. The second-order valence-corrected chi connectivity index (χ2v) is 3.31. The Kier molecular flexibility index (Phi) is 6.24. The molecule has 0 aromatic rings. The smallest absolute Gasteiger partial charge is 0.330 e. The van der Waals surface area contributed by atoms with Crippen LogP contribution in [0.4, 0.5) is 0 Å². The summed E-state index contributed by atoms with van der Waals surface area (Å²) in [5.74, 6) is -0.333. The van der Waals surface area contributed by atoms with E-state index in [1.165, 1.54) is 6.08 Å². The molecule has 0 N–H and O–H groups in total. The van der Waals surface area contributed by atoms with E-state index in [2.05, 4.69) is 13.5 Å². The van der Waals surface area contributed by atoms with Crippen LogP contribution in [0.2, 0.25) is 0 Å². The molecule has 0 aliphatic carbocycles. The van der Waals surface area contributed by atoms with Crippen LogP contribution in [-0.4, -0.2) is 37.6 Å². The van der Waals surface area contributed by atoms with Crippen molar-refractivity contribution in [2.24, 2.45) is 0 Å². The summed E-state index contributed by atoms with van der Waals surface area (Å²) in [5, 5.41) is 0. The van der Waals surface area contributed by atoms with Gasteiger partial charge in [0.1, 0.15) is 6.10 Å². The topological polar surface area (TPSA) is 29.5 Å². The number of likely N-dealkylation sites (N-methyl/N-ethyl adjacent to an activating group) is 1. The molecule has 0 radical (unpaired) electrons. The van der Waals surface area contributed by atoms with E-state index in [1.54, 1.807) is 0 Å². The van der Waals surface area contributed by atoms with E-state index < -0.39 is 0 Å². The molecule has 1 atom stereocenters. The van der Waals surface area contributed by atoms with Gasteiger partial charge in [-0.1, -0.05) is 19.9 Å². The van der Waals surface area contributed by atoms with Gasteiger partial charge >= 0.3 is 5.97 Å². The van der Waals surface area contributed by atoms with Crippen molar-refractivity contribution in [3.63, 3.8) is 0 Å². The number of carbonyl (C=O) groups excluding carboxylic acids is 1. The first-order valence-corrected chi connectivity index (χ1v) is 4.58. The van der Waals surface area contributed by atoms with Gasteiger partial charge in [0.25, 0.3) is 0 Å². The van der Waals surface area contributed by atoms with Gasteiger partial charge in [-0.2, -0.15) is 0 Å². The van der Waals surface area contributed by atoms with Crippen molar-refractivity contribution in [3.8, 4) is 0 Å². The van der Waals surface area contributed by atoms with Crippen molar-refractivity contribution in [1.29, 1.82) is 0 Å². The molecule has 0 aliphatic heterocycles. The van der Waals surface area contributed by atoms with E-state index in [9.17, 15) is 4.79 Å². The fraction of sp³-hybridized carbons (Fsp3) is 0.700. The van der Waals surface area contributed by atoms with Gasteiger partial charge in [-0.15, -0.1) is 0 Å². The van der Waals surface area contributed by atoms with Gasteiger partial charge in [-0.25, -0.2) is 4.79 Å². The molecule has 0 saturated carbocycles. The molecule has 13 heavy (non-hydrogen) atoms. The molecule has 0 aromatic heterocycles. The summed E-state index contributed by atoms with van der Waals surface area (Å²) in [6.45, 7) is 6.21. The van der Waals surface area contributed by atoms with Gasteiger partial charge in [0.15, 0.2) is 0 Å². The molecular weight excluding hydrogens is 166 g/mol. The first kappa shape index (κ1) is 12.2. The molecule has 0 aliphatic rings. The summed E-state index contributed by atoms with van der Waals surface area (Å²) in [4.78, 5) is 12.9. The SMILES string of the molecule is C=CC(=O)OC(CCC)CN(C)C. The molecule has 0 heterocycles. The molecular formula is C10H19NO2. The largest absolute Gasteiger partial charge is 0.458 e. The Balaban J connectivity index is 3.92. The third kappa shape index (κ3) is 6.34. The highest BCUT2D eigenvalue weighted by Gasteiger charge is 2.12. The lowest BCUT2D eigenvalue weighted by atomic mass is 10.2. The quantitative estimate of drug-likeness (QED) is 0.463. The molecule has 0 aromatic carbocycles. The van der Waals surface area contributed by atoms with Crippen LogP contribution in [0.15, 0.2) is 12.7 Å². The van der Waals surface area contributed by atoms with Gasteiger partial charge in [-0.3, -0.25) is 0 Å². The maximum atomic E-state index is 10.9. The molecule has 1 unspecified atom stereocenters.